The Morgan fingerprint density at radius 1 is 1.35 bits per heavy atom. The lowest BCUT2D eigenvalue weighted by Gasteiger charge is -2.22. The van der Waals surface area contributed by atoms with Crippen LogP contribution in [0, 0.1) is 12.3 Å². The molecule has 0 spiro atoms. The zero-order valence-electron chi connectivity index (χ0n) is 10.9. The van der Waals surface area contributed by atoms with E-state index in [9.17, 15) is 4.79 Å². The summed E-state index contributed by atoms with van der Waals surface area (Å²) in [5.41, 5.74) is 0. The van der Waals surface area contributed by atoms with Crippen molar-refractivity contribution >= 4 is 5.91 Å². The lowest BCUT2D eigenvalue weighted by atomic mass is 10.1. The molecule has 1 heterocycles. The maximum absolute atomic E-state index is 12.0. The van der Waals surface area contributed by atoms with Crippen LogP contribution in [0.2, 0.25) is 0 Å². The maximum atomic E-state index is 12.0. The molecule has 1 saturated heterocycles. The Labute approximate surface area is 105 Å². The van der Waals surface area contributed by atoms with Gasteiger partial charge in [-0.25, -0.2) is 0 Å². The summed E-state index contributed by atoms with van der Waals surface area (Å²) in [5.74, 6) is 2.87. The molecule has 3 nitrogen and oxygen atoms in total. The molecule has 0 aromatic carbocycles. The molecular weight excluding hydrogens is 212 g/mol. The van der Waals surface area contributed by atoms with E-state index in [0.717, 1.165) is 32.4 Å². The Morgan fingerprint density at radius 3 is 2.53 bits per heavy atom. The molecule has 96 valence electrons. The van der Waals surface area contributed by atoms with Gasteiger partial charge in [-0.2, -0.15) is 0 Å². The van der Waals surface area contributed by atoms with Gasteiger partial charge in [0.1, 0.15) is 0 Å². The standard InChI is InChI=1S/C14H24N2O/c1-3-9-13(4-2)15-12-14(17)16-10-7-5-6-8-11-16/h1,13,15H,4-12H2,2H3. The average molecular weight is 236 g/mol. The minimum absolute atomic E-state index is 0.224. The van der Waals surface area contributed by atoms with Gasteiger partial charge in [0, 0.05) is 25.6 Å². The second-order valence-corrected chi connectivity index (χ2v) is 4.69. The highest BCUT2D eigenvalue weighted by Gasteiger charge is 2.16. The van der Waals surface area contributed by atoms with Crippen molar-refractivity contribution < 1.29 is 4.79 Å². The first-order valence-corrected chi connectivity index (χ1v) is 6.72. The summed E-state index contributed by atoms with van der Waals surface area (Å²) >= 11 is 0. The number of amides is 1. The van der Waals surface area contributed by atoms with Crippen molar-refractivity contribution in [2.45, 2.75) is 51.5 Å². The summed E-state index contributed by atoms with van der Waals surface area (Å²) in [4.78, 5) is 14.0. The van der Waals surface area contributed by atoms with Gasteiger partial charge >= 0.3 is 0 Å². The fraction of sp³-hybridized carbons (Fsp3) is 0.786. The van der Waals surface area contributed by atoms with Crippen molar-refractivity contribution in [2.24, 2.45) is 0 Å². The van der Waals surface area contributed by atoms with Crippen LogP contribution in [0.25, 0.3) is 0 Å². The van der Waals surface area contributed by atoms with Crippen molar-refractivity contribution in [3.63, 3.8) is 0 Å². The molecule has 3 heteroatoms. The van der Waals surface area contributed by atoms with E-state index in [1.807, 2.05) is 4.90 Å². The highest BCUT2D eigenvalue weighted by molar-refractivity contribution is 5.78. The molecule has 0 radical (unpaired) electrons. The molecule has 17 heavy (non-hydrogen) atoms. The third-order valence-corrected chi connectivity index (χ3v) is 3.36. The fourth-order valence-corrected chi connectivity index (χ4v) is 2.17. The molecule has 0 saturated carbocycles. The Bertz CT molecular complexity index is 262. The predicted octanol–water partition coefficient (Wildman–Crippen LogP) is 1.78. The normalized spacial score (nSPS) is 18.2. The molecule has 1 atom stereocenters. The van der Waals surface area contributed by atoms with Crippen molar-refractivity contribution in [3.8, 4) is 12.3 Å². The summed E-state index contributed by atoms with van der Waals surface area (Å²) in [5, 5.41) is 3.25. The van der Waals surface area contributed by atoms with Gasteiger partial charge in [-0.1, -0.05) is 19.8 Å². The minimum atomic E-state index is 0.224. The molecule has 1 amide bonds. The highest BCUT2D eigenvalue weighted by Crippen LogP contribution is 2.09. The van der Waals surface area contributed by atoms with E-state index in [1.54, 1.807) is 0 Å². The van der Waals surface area contributed by atoms with Crippen LogP contribution in [0.3, 0.4) is 0 Å². The topological polar surface area (TPSA) is 32.3 Å². The van der Waals surface area contributed by atoms with Gasteiger partial charge in [0.25, 0.3) is 0 Å². The second-order valence-electron chi connectivity index (χ2n) is 4.69. The van der Waals surface area contributed by atoms with E-state index in [0.29, 0.717) is 13.0 Å². The predicted molar refractivity (Wildman–Crippen MR) is 70.6 cm³/mol. The zero-order valence-corrected chi connectivity index (χ0v) is 10.9. The van der Waals surface area contributed by atoms with Crippen LogP contribution in [0.4, 0.5) is 0 Å². The second kappa shape index (κ2) is 8.14. The van der Waals surface area contributed by atoms with E-state index in [-0.39, 0.29) is 11.9 Å². The molecular formula is C14H24N2O. The van der Waals surface area contributed by atoms with Crippen molar-refractivity contribution in [2.75, 3.05) is 19.6 Å². The molecule has 1 rings (SSSR count). The molecule has 1 aliphatic heterocycles. The van der Waals surface area contributed by atoms with E-state index in [1.165, 1.54) is 12.8 Å². The summed E-state index contributed by atoms with van der Waals surface area (Å²) in [6, 6.07) is 0.274. The van der Waals surface area contributed by atoms with Crippen LogP contribution in [-0.2, 0) is 4.79 Å². The molecule has 1 fully saturated rings. The molecule has 0 aromatic rings. The summed E-state index contributed by atoms with van der Waals surface area (Å²) < 4.78 is 0. The summed E-state index contributed by atoms with van der Waals surface area (Å²) in [6.45, 7) is 4.37. The van der Waals surface area contributed by atoms with E-state index in [4.69, 9.17) is 6.42 Å². The van der Waals surface area contributed by atoms with Crippen molar-refractivity contribution in [3.05, 3.63) is 0 Å². The minimum Gasteiger partial charge on any atom is -0.342 e. The Balaban J connectivity index is 2.29. The van der Waals surface area contributed by atoms with Gasteiger partial charge in [-0.3, -0.25) is 4.79 Å². The first-order chi connectivity index (χ1) is 8.27. The SMILES string of the molecule is C#CCC(CC)NCC(=O)N1CCCCCC1. The Hall–Kier alpha value is -1.01. The van der Waals surface area contributed by atoms with Crippen LogP contribution in [0.15, 0.2) is 0 Å². The van der Waals surface area contributed by atoms with Crippen LogP contribution in [0.5, 0.6) is 0 Å². The van der Waals surface area contributed by atoms with Crippen molar-refractivity contribution in [1.82, 2.24) is 10.2 Å². The van der Waals surface area contributed by atoms with E-state index < -0.39 is 0 Å². The molecule has 1 N–H and O–H groups in total. The third kappa shape index (κ3) is 5.23. The lowest BCUT2D eigenvalue weighted by Crippen LogP contribution is -2.41. The highest BCUT2D eigenvalue weighted by atomic mass is 16.2. The number of terminal acetylenes is 1. The molecule has 0 aromatic heterocycles. The van der Waals surface area contributed by atoms with Crippen molar-refractivity contribution in [1.29, 1.82) is 0 Å². The van der Waals surface area contributed by atoms with Crippen LogP contribution in [-0.4, -0.2) is 36.5 Å². The van der Waals surface area contributed by atoms with Crippen LogP contribution in [0.1, 0.15) is 45.4 Å². The summed E-state index contributed by atoms with van der Waals surface area (Å²) in [7, 11) is 0. The molecule has 0 bridgehead atoms. The molecule has 0 aliphatic carbocycles. The van der Waals surface area contributed by atoms with E-state index in [2.05, 4.69) is 18.2 Å². The smallest absolute Gasteiger partial charge is 0.236 e. The molecule has 1 aliphatic rings. The van der Waals surface area contributed by atoms with Crippen LogP contribution < -0.4 is 5.32 Å². The third-order valence-electron chi connectivity index (χ3n) is 3.36. The first-order valence-electron chi connectivity index (χ1n) is 6.72. The van der Waals surface area contributed by atoms with Gasteiger partial charge in [-0.05, 0) is 19.3 Å². The quantitative estimate of drug-likeness (QED) is 0.738. The largest absolute Gasteiger partial charge is 0.342 e. The molecule has 1 unspecified atom stereocenters. The summed E-state index contributed by atoms with van der Waals surface area (Å²) in [6.07, 6.45) is 11.8. The maximum Gasteiger partial charge on any atom is 0.236 e. The monoisotopic (exact) mass is 236 g/mol. The zero-order chi connectivity index (χ0) is 12.5. The van der Waals surface area contributed by atoms with Crippen LogP contribution >= 0.6 is 0 Å². The number of hydrogen-bond acceptors (Lipinski definition) is 2. The fourth-order valence-electron chi connectivity index (χ4n) is 2.17. The van der Waals surface area contributed by atoms with E-state index >= 15 is 0 Å². The number of nitrogens with zero attached hydrogens (tertiary/aromatic N) is 1. The van der Waals surface area contributed by atoms with Gasteiger partial charge < -0.3 is 10.2 Å². The first kappa shape index (κ1) is 14.1. The van der Waals surface area contributed by atoms with Gasteiger partial charge in [0.15, 0.2) is 0 Å². The Kier molecular flexibility index (Phi) is 6.73. The lowest BCUT2D eigenvalue weighted by molar-refractivity contribution is -0.130. The average Bonchev–Trinajstić information content (AvgIpc) is 2.62. The Morgan fingerprint density at radius 2 is 2.00 bits per heavy atom. The van der Waals surface area contributed by atoms with Gasteiger partial charge in [-0.15, -0.1) is 12.3 Å². The number of likely N-dealkylation sites (tertiary alicyclic amines) is 1. The number of rotatable bonds is 5. The number of carbonyl (C=O) groups excluding carboxylic acids is 1. The number of nitrogens with one attached hydrogen (secondary N) is 1. The van der Waals surface area contributed by atoms with Gasteiger partial charge in [0.05, 0.1) is 6.54 Å². The van der Waals surface area contributed by atoms with Gasteiger partial charge in [0.2, 0.25) is 5.91 Å². The number of carbonyl (C=O) groups is 1. The number of hydrogen-bond donors (Lipinski definition) is 1.